The Hall–Kier alpha value is -2.75. The maximum Gasteiger partial charge on any atom is 0.185 e. The van der Waals surface area contributed by atoms with Gasteiger partial charge in [0.05, 0.1) is 18.8 Å². The van der Waals surface area contributed by atoms with Crippen molar-refractivity contribution in [3.05, 3.63) is 59.2 Å². The Morgan fingerprint density at radius 1 is 1.00 bits per heavy atom. The average Bonchev–Trinajstić information content (AvgIpc) is 2.64. The molecular formula is C22H26O4. The monoisotopic (exact) mass is 354 g/mol. The first-order valence-electron chi connectivity index (χ1n) is 9.03. The number of aryl methyl sites for hydroxylation is 1. The molecule has 4 heteroatoms. The quantitative estimate of drug-likeness (QED) is 0.506. The van der Waals surface area contributed by atoms with Crippen molar-refractivity contribution in [3.63, 3.8) is 0 Å². The van der Waals surface area contributed by atoms with Gasteiger partial charge in [-0.2, -0.15) is 0 Å². The van der Waals surface area contributed by atoms with Gasteiger partial charge in [0.2, 0.25) is 0 Å². The Labute approximate surface area is 155 Å². The standard InChI is InChI=1S/C22H26O4/c1-4-7-17-10-15-21(25-5-2)19(22(17)26-6-3)13-14-20(24)16-8-11-18(23)12-9-16/h8-15,23H,4-7H2,1-3H3/b14-13+. The van der Waals surface area contributed by atoms with E-state index < -0.39 is 0 Å². The van der Waals surface area contributed by atoms with E-state index in [4.69, 9.17) is 9.47 Å². The van der Waals surface area contributed by atoms with Crippen molar-refractivity contribution in [2.45, 2.75) is 33.6 Å². The zero-order chi connectivity index (χ0) is 18.9. The second-order valence-corrected chi connectivity index (χ2v) is 5.83. The number of hydrogen-bond acceptors (Lipinski definition) is 4. The molecule has 0 amide bonds. The van der Waals surface area contributed by atoms with Crippen LogP contribution in [0.2, 0.25) is 0 Å². The van der Waals surface area contributed by atoms with E-state index >= 15 is 0 Å². The van der Waals surface area contributed by atoms with Crippen molar-refractivity contribution in [1.29, 1.82) is 0 Å². The van der Waals surface area contributed by atoms with Gasteiger partial charge in [0.15, 0.2) is 5.78 Å². The first kappa shape index (κ1) is 19.6. The number of ether oxygens (including phenoxy) is 2. The molecule has 0 unspecified atom stereocenters. The van der Waals surface area contributed by atoms with E-state index in [0.29, 0.717) is 24.5 Å². The molecule has 2 aromatic carbocycles. The van der Waals surface area contributed by atoms with Gasteiger partial charge in [-0.3, -0.25) is 4.79 Å². The third-order valence-corrected chi connectivity index (χ3v) is 3.90. The fraction of sp³-hybridized carbons (Fsp3) is 0.318. The smallest absolute Gasteiger partial charge is 0.185 e. The molecule has 26 heavy (non-hydrogen) atoms. The van der Waals surface area contributed by atoms with E-state index in [2.05, 4.69) is 6.92 Å². The number of hydrogen-bond donors (Lipinski definition) is 1. The maximum atomic E-state index is 12.4. The number of carbonyl (C=O) groups excluding carboxylic acids is 1. The van der Waals surface area contributed by atoms with Crippen LogP contribution in [0.25, 0.3) is 6.08 Å². The number of phenolic OH excluding ortho intramolecular Hbond substituents is 1. The second kappa shape index (κ2) is 9.66. The van der Waals surface area contributed by atoms with Crippen molar-refractivity contribution >= 4 is 11.9 Å². The molecule has 0 spiro atoms. The molecule has 1 N–H and O–H groups in total. The first-order chi connectivity index (χ1) is 12.6. The van der Waals surface area contributed by atoms with E-state index in [-0.39, 0.29) is 11.5 Å². The summed E-state index contributed by atoms with van der Waals surface area (Å²) in [5.74, 6) is 1.46. The minimum atomic E-state index is -0.143. The maximum absolute atomic E-state index is 12.4. The third kappa shape index (κ3) is 4.88. The van der Waals surface area contributed by atoms with Crippen LogP contribution in [0.1, 0.15) is 48.7 Å². The topological polar surface area (TPSA) is 55.8 Å². The Morgan fingerprint density at radius 3 is 2.31 bits per heavy atom. The molecule has 0 bridgehead atoms. The predicted octanol–water partition coefficient (Wildman–Crippen LogP) is 5.04. The summed E-state index contributed by atoms with van der Waals surface area (Å²) in [7, 11) is 0. The van der Waals surface area contributed by atoms with Gasteiger partial charge in [0, 0.05) is 5.56 Å². The van der Waals surface area contributed by atoms with Gasteiger partial charge in [0.25, 0.3) is 0 Å². The number of ketones is 1. The van der Waals surface area contributed by atoms with Crippen molar-refractivity contribution in [2.75, 3.05) is 13.2 Å². The number of benzene rings is 2. The molecule has 0 saturated carbocycles. The van der Waals surface area contributed by atoms with E-state index in [9.17, 15) is 9.90 Å². The van der Waals surface area contributed by atoms with Crippen molar-refractivity contribution < 1.29 is 19.4 Å². The van der Waals surface area contributed by atoms with Crippen LogP contribution in [0.5, 0.6) is 17.2 Å². The van der Waals surface area contributed by atoms with Gasteiger partial charge >= 0.3 is 0 Å². The fourth-order valence-electron chi connectivity index (χ4n) is 2.73. The van der Waals surface area contributed by atoms with Gasteiger partial charge in [-0.1, -0.05) is 19.4 Å². The van der Waals surface area contributed by atoms with Crippen LogP contribution < -0.4 is 9.47 Å². The average molecular weight is 354 g/mol. The highest BCUT2D eigenvalue weighted by Crippen LogP contribution is 2.35. The molecule has 0 saturated heterocycles. The molecule has 0 atom stereocenters. The van der Waals surface area contributed by atoms with E-state index in [1.807, 2.05) is 26.0 Å². The molecule has 0 aromatic heterocycles. The van der Waals surface area contributed by atoms with Crippen LogP contribution in [0, 0.1) is 0 Å². The number of allylic oxidation sites excluding steroid dienone is 1. The van der Waals surface area contributed by atoms with Gasteiger partial charge in [-0.05, 0) is 68.3 Å². The number of phenols is 1. The van der Waals surface area contributed by atoms with Crippen molar-refractivity contribution in [3.8, 4) is 17.2 Å². The summed E-state index contributed by atoms with van der Waals surface area (Å²) in [4.78, 5) is 12.4. The molecule has 0 aliphatic carbocycles. The lowest BCUT2D eigenvalue weighted by Gasteiger charge is -2.16. The molecular weight excluding hydrogens is 328 g/mol. The summed E-state index contributed by atoms with van der Waals surface area (Å²) in [6, 6.07) is 10.2. The zero-order valence-corrected chi connectivity index (χ0v) is 15.6. The second-order valence-electron chi connectivity index (χ2n) is 5.83. The molecule has 0 aliphatic rings. The minimum Gasteiger partial charge on any atom is -0.508 e. The van der Waals surface area contributed by atoms with Crippen LogP contribution in [-0.4, -0.2) is 24.1 Å². The Morgan fingerprint density at radius 2 is 1.69 bits per heavy atom. The van der Waals surface area contributed by atoms with Crippen LogP contribution in [0.3, 0.4) is 0 Å². The van der Waals surface area contributed by atoms with Gasteiger partial charge in [-0.15, -0.1) is 0 Å². The Bertz CT molecular complexity index is 760. The lowest BCUT2D eigenvalue weighted by Crippen LogP contribution is -2.03. The highest BCUT2D eigenvalue weighted by Gasteiger charge is 2.14. The fourth-order valence-corrected chi connectivity index (χ4v) is 2.73. The largest absolute Gasteiger partial charge is 0.508 e. The summed E-state index contributed by atoms with van der Waals surface area (Å²) >= 11 is 0. The highest BCUT2D eigenvalue weighted by molar-refractivity contribution is 6.07. The van der Waals surface area contributed by atoms with Crippen molar-refractivity contribution in [2.24, 2.45) is 0 Å². The molecule has 138 valence electrons. The normalized spacial score (nSPS) is 10.9. The summed E-state index contributed by atoms with van der Waals surface area (Å²) in [6.07, 6.45) is 5.17. The van der Waals surface area contributed by atoms with Crippen molar-refractivity contribution in [1.82, 2.24) is 0 Å². The van der Waals surface area contributed by atoms with Crippen LogP contribution in [-0.2, 0) is 6.42 Å². The molecule has 2 aromatic rings. The molecule has 0 fully saturated rings. The van der Waals surface area contributed by atoms with Gasteiger partial charge < -0.3 is 14.6 Å². The summed E-state index contributed by atoms with van der Waals surface area (Å²) in [5.41, 5.74) is 2.40. The molecule has 0 aliphatic heterocycles. The van der Waals surface area contributed by atoms with E-state index in [0.717, 1.165) is 29.7 Å². The Kier molecular flexibility index (Phi) is 7.27. The molecule has 0 heterocycles. The number of rotatable bonds is 9. The zero-order valence-electron chi connectivity index (χ0n) is 15.6. The minimum absolute atomic E-state index is 0.134. The number of aromatic hydroxyl groups is 1. The lowest BCUT2D eigenvalue weighted by molar-refractivity contribution is 0.104. The Balaban J connectivity index is 2.41. The first-order valence-corrected chi connectivity index (χ1v) is 9.03. The summed E-state index contributed by atoms with van der Waals surface area (Å²) in [6.45, 7) is 7.06. The lowest BCUT2D eigenvalue weighted by atomic mass is 10.0. The number of carbonyl (C=O) groups is 1. The highest BCUT2D eigenvalue weighted by atomic mass is 16.5. The van der Waals surface area contributed by atoms with E-state index in [1.165, 1.54) is 18.2 Å². The van der Waals surface area contributed by atoms with Crippen LogP contribution in [0.4, 0.5) is 0 Å². The summed E-state index contributed by atoms with van der Waals surface area (Å²) < 4.78 is 11.6. The van der Waals surface area contributed by atoms with Crippen LogP contribution in [0.15, 0.2) is 42.5 Å². The molecule has 0 radical (unpaired) electrons. The van der Waals surface area contributed by atoms with Gasteiger partial charge in [0.1, 0.15) is 17.2 Å². The molecule has 4 nitrogen and oxygen atoms in total. The third-order valence-electron chi connectivity index (χ3n) is 3.90. The SMILES string of the molecule is CCCc1ccc(OCC)c(/C=C/C(=O)c2ccc(O)cc2)c1OCC. The summed E-state index contributed by atoms with van der Waals surface area (Å²) in [5, 5.41) is 9.36. The van der Waals surface area contributed by atoms with E-state index in [1.54, 1.807) is 18.2 Å². The predicted molar refractivity (Wildman–Crippen MR) is 104 cm³/mol. The van der Waals surface area contributed by atoms with Gasteiger partial charge in [-0.25, -0.2) is 0 Å². The van der Waals surface area contributed by atoms with Crippen LogP contribution >= 0.6 is 0 Å². The molecule has 2 rings (SSSR count).